The van der Waals surface area contributed by atoms with E-state index in [1.54, 1.807) is 0 Å². The first kappa shape index (κ1) is 13.0. The van der Waals surface area contributed by atoms with Gasteiger partial charge in [0.25, 0.3) is 0 Å². The van der Waals surface area contributed by atoms with Crippen LogP contribution < -0.4 is 5.32 Å². The molecule has 2 saturated heterocycles. The summed E-state index contributed by atoms with van der Waals surface area (Å²) in [5, 5.41) is 3.54. The first-order chi connectivity index (χ1) is 9.36. The van der Waals surface area contributed by atoms with Gasteiger partial charge in [-0.05, 0) is 31.5 Å². The highest BCUT2D eigenvalue weighted by atomic mass is 16.5. The van der Waals surface area contributed by atoms with Gasteiger partial charge in [-0.2, -0.15) is 0 Å². The van der Waals surface area contributed by atoms with Crippen LogP contribution in [0.15, 0.2) is 24.4 Å². The molecule has 4 heteroatoms. The minimum atomic E-state index is 0.309. The number of rotatable bonds is 2. The van der Waals surface area contributed by atoms with Gasteiger partial charge in [0.2, 0.25) is 0 Å². The average molecular weight is 261 g/mol. The van der Waals surface area contributed by atoms with E-state index in [4.69, 9.17) is 4.74 Å². The van der Waals surface area contributed by atoms with E-state index in [9.17, 15) is 0 Å². The predicted molar refractivity (Wildman–Crippen MR) is 74.9 cm³/mol. The molecule has 1 aromatic rings. The summed E-state index contributed by atoms with van der Waals surface area (Å²) in [6.07, 6.45) is 4.42. The van der Waals surface area contributed by atoms with Gasteiger partial charge in [0.1, 0.15) is 0 Å². The van der Waals surface area contributed by atoms with Crippen LogP contribution in [-0.4, -0.2) is 49.3 Å². The Morgan fingerprint density at radius 3 is 3.21 bits per heavy atom. The molecule has 0 radical (unpaired) electrons. The molecule has 0 bridgehead atoms. The third-order valence-corrected chi connectivity index (χ3v) is 4.19. The lowest BCUT2D eigenvalue weighted by Crippen LogP contribution is -2.48. The molecule has 4 nitrogen and oxygen atoms in total. The number of ether oxygens (including phenoxy) is 1. The Bertz CT molecular complexity index is 390. The number of nitrogens with one attached hydrogen (secondary N) is 1. The number of piperidine rings is 1. The molecule has 2 aliphatic heterocycles. The maximum Gasteiger partial charge on any atom is 0.0593 e. The molecule has 2 fully saturated rings. The molecule has 0 amide bonds. The van der Waals surface area contributed by atoms with E-state index < -0.39 is 0 Å². The Morgan fingerprint density at radius 2 is 2.42 bits per heavy atom. The van der Waals surface area contributed by atoms with Crippen molar-refractivity contribution < 1.29 is 4.74 Å². The smallest absolute Gasteiger partial charge is 0.0593 e. The quantitative estimate of drug-likeness (QED) is 0.870. The summed E-state index contributed by atoms with van der Waals surface area (Å²) in [5.41, 5.74) is 1.46. The fourth-order valence-corrected chi connectivity index (χ4v) is 3.23. The molecule has 0 aliphatic carbocycles. The second-order valence-corrected chi connectivity index (χ2v) is 5.86. The zero-order chi connectivity index (χ0) is 13.0. The zero-order valence-corrected chi connectivity index (χ0v) is 11.5. The molecule has 1 unspecified atom stereocenters. The van der Waals surface area contributed by atoms with E-state index in [2.05, 4.69) is 27.3 Å². The molecular formula is C15H23N3O. The van der Waals surface area contributed by atoms with E-state index in [1.807, 2.05) is 12.3 Å². The largest absolute Gasteiger partial charge is 0.379 e. The van der Waals surface area contributed by atoms with Crippen molar-refractivity contribution >= 4 is 0 Å². The summed E-state index contributed by atoms with van der Waals surface area (Å²) in [4.78, 5) is 6.94. The molecule has 1 N–H and O–H groups in total. The van der Waals surface area contributed by atoms with Crippen LogP contribution in [0.25, 0.3) is 0 Å². The Balaban J connectivity index is 1.67. The topological polar surface area (TPSA) is 37.4 Å². The lowest BCUT2D eigenvalue weighted by Gasteiger charge is -2.38. The lowest BCUT2D eigenvalue weighted by atomic mass is 9.81. The van der Waals surface area contributed by atoms with Crippen LogP contribution in [0.1, 0.15) is 18.5 Å². The molecular weight excluding hydrogens is 238 g/mol. The highest BCUT2D eigenvalue weighted by Gasteiger charge is 2.36. The van der Waals surface area contributed by atoms with Crippen LogP contribution in [0.2, 0.25) is 0 Å². The number of hydrogen-bond acceptors (Lipinski definition) is 4. The molecule has 1 spiro atoms. The highest BCUT2D eigenvalue weighted by molar-refractivity contribution is 5.04. The monoisotopic (exact) mass is 261 g/mol. The summed E-state index contributed by atoms with van der Waals surface area (Å²) in [5.74, 6) is 0. The van der Waals surface area contributed by atoms with Gasteiger partial charge < -0.3 is 10.1 Å². The number of hydrogen-bond donors (Lipinski definition) is 1. The van der Waals surface area contributed by atoms with Gasteiger partial charge in [0.15, 0.2) is 0 Å². The standard InChI is InChI=1S/C15H23N3O/c1-2-7-17-14(4-1)10-18-8-9-19-13-15(12-18)5-3-6-16-11-15/h1-2,4,7,16H,3,5-6,8-13H2. The van der Waals surface area contributed by atoms with Gasteiger partial charge in [-0.25, -0.2) is 0 Å². The van der Waals surface area contributed by atoms with Crippen LogP contribution in [-0.2, 0) is 11.3 Å². The Kier molecular flexibility index (Phi) is 4.11. The first-order valence-electron chi connectivity index (χ1n) is 7.27. The van der Waals surface area contributed by atoms with Crippen molar-refractivity contribution in [1.29, 1.82) is 0 Å². The van der Waals surface area contributed by atoms with Crippen molar-refractivity contribution in [2.75, 3.05) is 39.4 Å². The molecule has 19 heavy (non-hydrogen) atoms. The van der Waals surface area contributed by atoms with Crippen molar-refractivity contribution in [3.05, 3.63) is 30.1 Å². The van der Waals surface area contributed by atoms with E-state index in [-0.39, 0.29) is 0 Å². The Morgan fingerprint density at radius 1 is 1.42 bits per heavy atom. The van der Waals surface area contributed by atoms with Crippen molar-refractivity contribution in [2.45, 2.75) is 19.4 Å². The first-order valence-corrected chi connectivity index (χ1v) is 7.27. The highest BCUT2D eigenvalue weighted by Crippen LogP contribution is 2.30. The molecule has 1 aromatic heterocycles. The third-order valence-electron chi connectivity index (χ3n) is 4.19. The second-order valence-electron chi connectivity index (χ2n) is 5.86. The van der Waals surface area contributed by atoms with Crippen molar-refractivity contribution in [3.63, 3.8) is 0 Å². The van der Waals surface area contributed by atoms with E-state index in [0.717, 1.165) is 51.6 Å². The SMILES string of the molecule is c1ccc(CN2CCOCC3(CCCNC3)C2)nc1. The van der Waals surface area contributed by atoms with E-state index in [1.165, 1.54) is 12.8 Å². The summed E-state index contributed by atoms with van der Waals surface area (Å²) in [7, 11) is 0. The maximum atomic E-state index is 5.85. The number of nitrogens with zero attached hydrogens (tertiary/aromatic N) is 2. The summed E-state index contributed by atoms with van der Waals surface area (Å²) >= 11 is 0. The van der Waals surface area contributed by atoms with Gasteiger partial charge in [-0.1, -0.05) is 6.07 Å². The minimum Gasteiger partial charge on any atom is -0.379 e. The molecule has 3 heterocycles. The zero-order valence-electron chi connectivity index (χ0n) is 11.5. The summed E-state index contributed by atoms with van der Waals surface area (Å²) in [6, 6.07) is 6.15. The Hall–Kier alpha value is -0.970. The van der Waals surface area contributed by atoms with Crippen LogP contribution >= 0.6 is 0 Å². The van der Waals surface area contributed by atoms with Gasteiger partial charge in [-0.15, -0.1) is 0 Å². The van der Waals surface area contributed by atoms with Gasteiger partial charge >= 0.3 is 0 Å². The maximum absolute atomic E-state index is 5.85. The predicted octanol–water partition coefficient (Wildman–Crippen LogP) is 1.28. The third kappa shape index (κ3) is 3.32. The number of aromatic nitrogens is 1. The van der Waals surface area contributed by atoms with Crippen molar-refractivity contribution in [2.24, 2.45) is 5.41 Å². The van der Waals surface area contributed by atoms with E-state index >= 15 is 0 Å². The van der Waals surface area contributed by atoms with Crippen LogP contribution in [0.4, 0.5) is 0 Å². The van der Waals surface area contributed by atoms with Crippen LogP contribution in [0, 0.1) is 5.41 Å². The lowest BCUT2D eigenvalue weighted by molar-refractivity contribution is 0.0487. The molecule has 3 rings (SSSR count). The van der Waals surface area contributed by atoms with Crippen LogP contribution in [0.5, 0.6) is 0 Å². The van der Waals surface area contributed by atoms with Crippen molar-refractivity contribution in [3.8, 4) is 0 Å². The molecule has 2 aliphatic rings. The van der Waals surface area contributed by atoms with Gasteiger partial charge in [0.05, 0.1) is 18.9 Å². The molecule has 104 valence electrons. The summed E-state index contributed by atoms with van der Waals surface area (Å²) in [6.45, 7) is 7.06. The van der Waals surface area contributed by atoms with Crippen LogP contribution in [0.3, 0.4) is 0 Å². The van der Waals surface area contributed by atoms with Gasteiger partial charge in [0, 0.05) is 37.8 Å². The molecule has 0 aromatic carbocycles. The normalized spacial score (nSPS) is 29.3. The Labute approximate surface area is 115 Å². The van der Waals surface area contributed by atoms with Crippen molar-refractivity contribution in [1.82, 2.24) is 15.2 Å². The minimum absolute atomic E-state index is 0.309. The fourth-order valence-electron chi connectivity index (χ4n) is 3.23. The second kappa shape index (κ2) is 5.99. The van der Waals surface area contributed by atoms with Gasteiger partial charge in [-0.3, -0.25) is 9.88 Å². The fraction of sp³-hybridized carbons (Fsp3) is 0.667. The molecule has 1 atom stereocenters. The average Bonchev–Trinajstić information content (AvgIpc) is 2.63. The summed E-state index contributed by atoms with van der Waals surface area (Å²) < 4.78 is 5.85. The van der Waals surface area contributed by atoms with E-state index in [0.29, 0.717) is 5.41 Å². The molecule has 0 saturated carbocycles. The number of pyridine rings is 1.